The van der Waals surface area contributed by atoms with E-state index in [9.17, 15) is 9.59 Å². The van der Waals surface area contributed by atoms with E-state index in [4.69, 9.17) is 4.42 Å². The van der Waals surface area contributed by atoms with E-state index in [1.54, 1.807) is 6.07 Å². The Hall–Kier alpha value is -2.86. The number of aromatic nitrogens is 1. The van der Waals surface area contributed by atoms with E-state index < -0.39 is 5.76 Å². The molecule has 3 N–H and O–H groups in total. The number of amides is 1. The zero-order valence-electron chi connectivity index (χ0n) is 14.4. The van der Waals surface area contributed by atoms with Crippen LogP contribution in [0.1, 0.15) is 40.2 Å². The highest BCUT2D eigenvalue weighted by Gasteiger charge is 2.16. The highest BCUT2D eigenvalue weighted by Crippen LogP contribution is 2.23. The van der Waals surface area contributed by atoms with E-state index in [1.807, 2.05) is 30.3 Å². The molecule has 6 heteroatoms. The quantitative estimate of drug-likeness (QED) is 0.674. The van der Waals surface area contributed by atoms with Crippen molar-refractivity contribution in [3.63, 3.8) is 0 Å². The molecular formula is C20H21N3O3. The van der Waals surface area contributed by atoms with Crippen molar-refractivity contribution in [1.29, 1.82) is 0 Å². The zero-order chi connectivity index (χ0) is 17.9. The summed E-state index contributed by atoms with van der Waals surface area (Å²) in [6.07, 6.45) is 2.32. The third-order valence-electron chi connectivity index (χ3n) is 4.85. The Morgan fingerprint density at radius 1 is 1.23 bits per heavy atom. The van der Waals surface area contributed by atoms with Gasteiger partial charge in [0.05, 0.1) is 5.52 Å². The molecule has 1 aliphatic rings. The van der Waals surface area contributed by atoms with Crippen LogP contribution in [0, 0.1) is 0 Å². The van der Waals surface area contributed by atoms with E-state index in [2.05, 4.69) is 21.7 Å². The Morgan fingerprint density at radius 2 is 2.15 bits per heavy atom. The standard InChI is InChI=1S/C20H21N3O3/c24-19(15-4-1-3-14(10-15)16-5-2-8-21-12-16)22-11-13-6-7-18-17(9-13)23-20(25)26-18/h1,3-4,6-7,9-10,16,21H,2,5,8,11-12H2,(H,22,24)(H,23,25). The lowest BCUT2D eigenvalue weighted by molar-refractivity contribution is 0.0951. The highest BCUT2D eigenvalue weighted by atomic mass is 16.4. The number of H-pyrrole nitrogens is 1. The van der Waals surface area contributed by atoms with Crippen LogP contribution in [0.4, 0.5) is 0 Å². The number of rotatable bonds is 4. The number of carbonyl (C=O) groups excluding carboxylic acids is 1. The number of carbonyl (C=O) groups is 1. The van der Waals surface area contributed by atoms with Gasteiger partial charge in [0.2, 0.25) is 0 Å². The third-order valence-corrected chi connectivity index (χ3v) is 4.85. The van der Waals surface area contributed by atoms with E-state index in [0.29, 0.717) is 29.1 Å². The van der Waals surface area contributed by atoms with Crippen LogP contribution in [0.3, 0.4) is 0 Å². The Kier molecular flexibility index (Phi) is 4.58. The Morgan fingerprint density at radius 3 is 3.00 bits per heavy atom. The number of piperidine rings is 1. The molecule has 1 aliphatic heterocycles. The summed E-state index contributed by atoms with van der Waals surface area (Å²) in [7, 11) is 0. The van der Waals surface area contributed by atoms with Crippen molar-refractivity contribution in [2.45, 2.75) is 25.3 Å². The summed E-state index contributed by atoms with van der Waals surface area (Å²) in [6, 6.07) is 13.2. The van der Waals surface area contributed by atoms with Crippen molar-refractivity contribution in [2.24, 2.45) is 0 Å². The van der Waals surface area contributed by atoms with Gasteiger partial charge in [-0.1, -0.05) is 18.2 Å². The molecule has 1 unspecified atom stereocenters. The molecule has 1 aromatic heterocycles. The van der Waals surface area contributed by atoms with Gasteiger partial charge in [0.15, 0.2) is 5.58 Å². The summed E-state index contributed by atoms with van der Waals surface area (Å²) < 4.78 is 4.99. The second-order valence-electron chi connectivity index (χ2n) is 6.70. The Labute approximate surface area is 150 Å². The SMILES string of the molecule is O=C(NCc1ccc2oc(=O)[nH]c2c1)c1cccc(C2CCCNC2)c1. The molecule has 2 heterocycles. The van der Waals surface area contributed by atoms with E-state index in [-0.39, 0.29) is 5.91 Å². The maximum absolute atomic E-state index is 12.5. The summed E-state index contributed by atoms with van der Waals surface area (Å²) in [5.74, 6) is -0.108. The van der Waals surface area contributed by atoms with Crippen molar-refractivity contribution in [1.82, 2.24) is 15.6 Å². The van der Waals surface area contributed by atoms with Crippen molar-refractivity contribution in [2.75, 3.05) is 13.1 Å². The molecule has 1 amide bonds. The Bertz CT molecular complexity index is 983. The number of oxazole rings is 1. The minimum Gasteiger partial charge on any atom is -0.408 e. The normalized spacial score (nSPS) is 17.3. The minimum absolute atomic E-state index is 0.101. The molecular weight excluding hydrogens is 330 g/mol. The third kappa shape index (κ3) is 3.55. The minimum atomic E-state index is -0.477. The van der Waals surface area contributed by atoms with Gasteiger partial charge in [-0.3, -0.25) is 9.78 Å². The van der Waals surface area contributed by atoms with Gasteiger partial charge in [-0.15, -0.1) is 0 Å². The van der Waals surface area contributed by atoms with Crippen LogP contribution in [-0.2, 0) is 6.54 Å². The molecule has 0 aliphatic carbocycles. The average molecular weight is 351 g/mol. The first kappa shape index (κ1) is 16.6. The fourth-order valence-electron chi connectivity index (χ4n) is 3.46. The van der Waals surface area contributed by atoms with Gasteiger partial charge in [0, 0.05) is 18.7 Å². The molecule has 1 fully saturated rings. The van der Waals surface area contributed by atoms with Gasteiger partial charge in [-0.2, -0.15) is 0 Å². The number of hydrogen-bond donors (Lipinski definition) is 3. The van der Waals surface area contributed by atoms with Gasteiger partial charge in [-0.25, -0.2) is 4.79 Å². The predicted molar refractivity (Wildman–Crippen MR) is 99.3 cm³/mol. The van der Waals surface area contributed by atoms with Crippen molar-refractivity contribution < 1.29 is 9.21 Å². The predicted octanol–water partition coefficient (Wildman–Crippen LogP) is 2.52. The van der Waals surface area contributed by atoms with Gasteiger partial charge in [0.25, 0.3) is 5.91 Å². The molecule has 0 spiro atoms. The fraction of sp³-hybridized carbons (Fsp3) is 0.300. The summed E-state index contributed by atoms with van der Waals surface area (Å²) in [5, 5.41) is 6.35. The number of nitrogens with one attached hydrogen (secondary N) is 3. The number of benzene rings is 2. The van der Waals surface area contributed by atoms with Crippen LogP contribution < -0.4 is 16.4 Å². The van der Waals surface area contributed by atoms with E-state index >= 15 is 0 Å². The molecule has 0 saturated carbocycles. The second kappa shape index (κ2) is 7.17. The van der Waals surface area contributed by atoms with Crippen LogP contribution in [0.15, 0.2) is 51.7 Å². The van der Waals surface area contributed by atoms with Crippen LogP contribution in [0.5, 0.6) is 0 Å². The zero-order valence-corrected chi connectivity index (χ0v) is 14.4. The van der Waals surface area contributed by atoms with E-state index in [1.165, 1.54) is 12.0 Å². The monoisotopic (exact) mass is 351 g/mol. The lowest BCUT2D eigenvalue weighted by Gasteiger charge is -2.23. The number of fused-ring (bicyclic) bond motifs is 1. The van der Waals surface area contributed by atoms with Gasteiger partial charge in [-0.05, 0) is 60.7 Å². The first-order valence-corrected chi connectivity index (χ1v) is 8.90. The lowest BCUT2D eigenvalue weighted by atomic mass is 9.90. The maximum atomic E-state index is 12.5. The van der Waals surface area contributed by atoms with Crippen molar-refractivity contribution in [3.8, 4) is 0 Å². The molecule has 6 nitrogen and oxygen atoms in total. The Balaban J connectivity index is 1.44. The molecule has 134 valence electrons. The molecule has 26 heavy (non-hydrogen) atoms. The smallest absolute Gasteiger partial charge is 0.408 e. The second-order valence-corrected chi connectivity index (χ2v) is 6.70. The van der Waals surface area contributed by atoms with Crippen LogP contribution in [-0.4, -0.2) is 24.0 Å². The number of aromatic amines is 1. The molecule has 1 saturated heterocycles. The summed E-state index contributed by atoms with van der Waals surface area (Å²) >= 11 is 0. The van der Waals surface area contributed by atoms with Crippen LogP contribution >= 0.6 is 0 Å². The molecule has 1 atom stereocenters. The van der Waals surface area contributed by atoms with Gasteiger partial charge >= 0.3 is 5.76 Å². The maximum Gasteiger partial charge on any atom is 0.417 e. The first-order chi connectivity index (χ1) is 12.7. The molecule has 0 bridgehead atoms. The van der Waals surface area contributed by atoms with E-state index in [0.717, 1.165) is 25.1 Å². The van der Waals surface area contributed by atoms with Crippen molar-refractivity contribution in [3.05, 3.63) is 69.7 Å². The topological polar surface area (TPSA) is 87.1 Å². The van der Waals surface area contributed by atoms with Gasteiger partial charge in [0.1, 0.15) is 0 Å². The lowest BCUT2D eigenvalue weighted by Crippen LogP contribution is -2.28. The summed E-state index contributed by atoms with van der Waals surface area (Å²) in [6.45, 7) is 2.42. The highest BCUT2D eigenvalue weighted by molar-refractivity contribution is 5.94. The summed E-state index contributed by atoms with van der Waals surface area (Å²) in [4.78, 5) is 26.4. The largest absolute Gasteiger partial charge is 0.417 e. The molecule has 3 aromatic rings. The number of hydrogen-bond acceptors (Lipinski definition) is 4. The summed E-state index contributed by atoms with van der Waals surface area (Å²) in [5.41, 5.74) is 3.93. The van der Waals surface area contributed by atoms with Crippen molar-refractivity contribution >= 4 is 17.0 Å². The molecule has 0 radical (unpaired) electrons. The average Bonchev–Trinajstić information content (AvgIpc) is 3.06. The fourth-order valence-corrected chi connectivity index (χ4v) is 3.46. The van der Waals surface area contributed by atoms with Crippen LogP contribution in [0.25, 0.3) is 11.1 Å². The first-order valence-electron chi connectivity index (χ1n) is 8.90. The van der Waals surface area contributed by atoms with Crippen LogP contribution in [0.2, 0.25) is 0 Å². The molecule has 2 aromatic carbocycles. The molecule has 4 rings (SSSR count). The van der Waals surface area contributed by atoms with Gasteiger partial charge < -0.3 is 15.1 Å².